The van der Waals surface area contributed by atoms with Gasteiger partial charge in [-0.3, -0.25) is 9.50 Å². The minimum absolute atomic E-state index is 0. The van der Waals surface area contributed by atoms with Crippen molar-refractivity contribution in [2.75, 3.05) is 13.2 Å². The number of aliphatic carboxylic acids is 1. The molecule has 2 N–H and O–H groups in total. The second-order valence-electron chi connectivity index (χ2n) is 5.07. The summed E-state index contributed by atoms with van der Waals surface area (Å²) in [5, 5.41) is 10.7. The van der Waals surface area contributed by atoms with Crippen LogP contribution < -0.4 is 5.32 Å². The molecule has 3 rings (SSSR count). The van der Waals surface area contributed by atoms with Crippen molar-refractivity contribution in [3.05, 3.63) is 59.7 Å². The number of carbonyl (C=O) groups excluding carboxylic acids is 1. The molecular formula is C17H16FNO4. The maximum atomic E-state index is 11.5. The summed E-state index contributed by atoms with van der Waals surface area (Å²) in [6, 6.07) is 16.1. The predicted molar refractivity (Wildman–Crippen MR) is 83.2 cm³/mol. The number of halogens is 1. The Kier molecular flexibility index (Phi) is 4.95. The van der Waals surface area contributed by atoms with Gasteiger partial charge in [0.05, 0.1) is 0 Å². The number of hydrogen-bond acceptors (Lipinski definition) is 3. The van der Waals surface area contributed by atoms with Crippen LogP contribution in [0.25, 0.3) is 11.1 Å². The molecule has 23 heavy (non-hydrogen) atoms. The average molecular weight is 317 g/mol. The van der Waals surface area contributed by atoms with E-state index in [1.54, 1.807) is 0 Å². The van der Waals surface area contributed by atoms with E-state index in [-0.39, 0.29) is 17.2 Å². The van der Waals surface area contributed by atoms with Gasteiger partial charge in [0, 0.05) is 5.92 Å². The topological polar surface area (TPSA) is 75.6 Å². The zero-order chi connectivity index (χ0) is 15.5. The van der Waals surface area contributed by atoms with Gasteiger partial charge < -0.3 is 15.2 Å². The van der Waals surface area contributed by atoms with Gasteiger partial charge in [-0.2, -0.15) is 0 Å². The maximum Gasteiger partial charge on any atom is 0.407 e. The first kappa shape index (κ1) is 16.5. The number of fused-ring (bicyclic) bond motifs is 3. The number of alkyl carbamates (subject to hydrolysis) is 1. The lowest BCUT2D eigenvalue weighted by Crippen LogP contribution is -2.30. The fraction of sp³-hybridized carbons (Fsp3) is 0.176. The van der Waals surface area contributed by atoms with Crippen molar-refractivity contribution in [2.24, 2.45) is 0 Å². The lowest BCUT2D eigenvalue weighted by molar-refractivity contribution is -0.135. The zero-order valence-corrected chi connectivity index (χ0v) is 12.2. The van der Waals surface area contributed by atoms with Gasteiger partial charge in [0.2, 0.25) is 0 Å². The highest BCUT2D eigenvalue weighted by atomic mass is 19.0. The van der Waals surface area contributed by atoms with Crippen molar-refractivity contribution >= 4 is 12.1 Å². The van der Waals surface area contributed by atoms with E-state index in [4.69, 9.17) is 9.84 Å². The summed E-state index contributed by atoms with van der Waals surface area (Å²) in [5.74, 6) is -1.13. The zero-order valence-electron chi connectivity index (χ0n) is 12.2. The molecule has 0 saturated carbocycles. The van der Waals surface area contributed by atoms with Crippen LogP contribution in [0.15, 0.2) is 48.5 Å². The van der Waals surface area contributed by atoms with Gasteiger partial charge in [-0.25, -0.2) is 4.79 Å². The third kappa shape index (κ3) is 3.31. The molecule has 1 amide bonds. The molecule has 0 bridgehead atoms. The van der Waals surface area contributed by atoms with E-state index in [9.17, 15) is 9.59 Å². The molecule has 5 nitrogen and oxygen atoms in total. The first-order valence-corrected chi connectivity index (χ1v) is 6.97. The quantitative estimate of drug-likeness (QED) is 0.909. The Labute approximate surface area is 132 Å². The Morgan fingerprint density at radius 2 is 1.52 bits per heavy atom. The number of rotatable bonds is 4. The molecule has 0 spiro atoms. The molecule has 0 unspecified atom stereocenters. The van der Waals surface area contributed by atoms with Crippen LogP contribution in [0.4, 0.5) is 9.50 Å². The number of carbonyl (C=O) groups is 2. The van der Waals surface area contributed by atoms with Crippen LogP contribution in [-0.4, -0.2) is 30.3 Å². The summed E-state index contributed by atoms with van der Waals surface area (Å²) in [4.78, 5) is 22.0. The number of nitrogens with one attached hydrogen (secondary N) is 1. The smallest absolute Gasteiger partial charge is 0.407 e. The van der Waals surface area contributed by atoms with Gasteiger partial charge in [0.25, 0.3) is 0 Å². The third-order valence-electron chi connectivity index (χ3n) is 3.73. The number of hydrogen-bond donors (Lipinski definition) is 2. The van der Waals surface area contributed by atoms with Crippen molar-refractivity contribution in [3.63, 3.8) is 0 Å². The maximum absolute atomic E-state index is 11.5. The summed E-state index contributed by atoms with van der Waals surface area (Å²) in [6.45, 7) is -0.268. The molecule has 2 aromatic rings. The van der Waals surface area contributed by atoms with E-state index in [0.29, 0.717) is 0 Å². The summed E-state index contributed by atoms with van der Waals surface area (Å²) in [7, 11) is 0. The number of benzene rings is 2. The molecule has 2 aromatic carbocycles. The first-order chi connectivity index (χ1) is 10.7. The monoisotopic (exact) mass is 317 g/mol. The van der Waals surface area contributed by atoms with Gasteiger partial charge in [-0.1, -0.05) is 48.5 Å². The van der Waals surface area contributed by atoms with Gasteiger partial charge in [0.15, 0.2) is 0 Å². The number of carboxylic acids is 1. The second-order valence-corrected chi connectivity index (χ2v) is 5.07. The van der Waals surface area contributed by atoms with Crippen LogP contribution in [0.5, 0.6) is 0 Å². The van der Waals surface area contributed by atoms with Crippen LogP contribution in [0.2, 0.25) is 0 Å². The fourth-order valence-corrected chi connectivity index (χ4v) is 2.80. The summed E-state index contributed by atoms with van der Waals surface area (Å²) in [5.41, 5.74) is 4.54. The summed E-state index contributed by atoms with van der Waals surface area (Å²) < 4.78 is 5.18. The fourth-order valence-electron chi connectivity index (χ4n) is 2.80. The van der Waals surface area contributed by atoms with Crippen molar-refractivity contribution < 1.29 is 24.1 Å². The van der Waals surface area contributed by atoms with Crippen LogP contribution >= 0.6 is 0 Å². The summed E-state index contributed by atoms with van der Waals surface area (Å²) in [6.07, 6.45) is -0.718. The highest BCUT2D eigenvalue weighted by Gasteiger charge is 2.28. The Hall–Kier alpha value is -2.89. The molecule has 0 radical (unpaired) electrons. The number of carboxylic acid groups (broad SMARTS) is 1. The van der Waals surface area contributed by atoms with E-state index >= 15 is 0 Å². The number of ether oxygens (including phenoxy) is 1. The Morgan fingerprint density at radius 1 is 1.00 bits per heavy atom. The Morgan fingerprint density at radius 3 is 2.04 bits per heavy atom. The molecule has 0 atom stereocenters. The van der Waals surface area contributed by atoms with Crippen LogP contribution in [-0.2, 0) is 9.53 Å². The van der Waals surface area contributed by atoms with Crippen molar-refractivity contribution in [3.8, 4) is 11.1 Å². The van der Waals surface area contributed by atoms with Gasteiger partial charge in [0.1, 0.15) is 13.2 Å². The highest BCUT2D eigenvalue weighted by Crippen LogP contribution is 2.44. The van der Waals surface area contributed by atoms with Gasteiger partial charge in [-0.05, 0) is 22.3 Å². The molecular weight excluding hydrogens is 301 g/mol. The van der Waals surface area contributed by atoms with Crippen molar-refractivity contribution in [1.29, 1.82) is 0 Å². The molecule has 0 fully saturated rings. The molecule has 6 heteroatoms. The molecule has 1 aliphatic rings. The molecule has 0 saturated heterocycles. The number of amides is 1. The van der Waals surface area contributed by atoms with E-state index in [0.717, 1.165) is 22.3 Å². The van der Waals surface area contributed by atoms with Gasteiger partial charge >= 0.3 is 12.1 Å². The van der Waals surface area contributed by atoms with E-state index in [1.165, 1.54) is 0 Å². The Bertz CT molecular complexity index is 687. The van der Waals surface area contributed by atoms with Gasteiger partial charge in [-0.15, -0.1) is 0 Å². The first-order valence-electron chi connectivity index (χ1n) is 6.97. The Balaban J connectivity index is 0.00000192. The summed E-state index contributed by atoms with van der Waals surface area (Å²) >= 11 is 0. The highest BCUT2D eigenvalue weighted by molar-refractivity contribution is 5.79. The van der Waals surface area contributed by atoms with E-state index in [1.807, 2.05) is 36.4 Å². The minimum atomic E-state index is -1.10. The average Bonchev–Trinajstić information content (AvgIpc) is 2.85. The molecule has 0 heterocycles. The van der Waals surface area contributed by atoms with E-state index < -0.39 is 18.6 Å². The normalized spacial score (nSPS) is 11.8. The SMILES string of the molecule is F.O=C(O)CNC(=O)OCC1c2ccccc2-c2ccccc21. The lowest BCUT2D eigenvalue weighted by Gasteiger charge is -2.14. The third-order valence-corrected chi connectivity index (χ3v) is 3.73. The van der Waals surface area contributed by atoms with Crippen LogP contribution in [0.1, 0.15) is 17.0 Å². The van der Waals surface area contributed by atoms with Crippen molar-refractivity contribution in [2.45, 2.75) is 5.92 Å². The lowest BCUT2D eigenvalue weighted by atomic mass is 9.98. The molecule has 0 aromatic heterocycles. The minimum Gasteiger partial charge on any atom is -0.480 e. The molecule has 1 aliphatic carbocycles. The van der Waals surface area contributed by atoms with Crippen LogP contribution in [0.3, 0.4) is 0 Å². The largest absolute Gasteiger partial charge is 0.480 e. The van der Waals surface area contributed by atoms with Crippen LogP contribution in [0, 0.1) is 0 Å². The molecule has 120 valence electrons. The second kappa shape index (κ2) is 6.91. The van der Waals surface area contributed by atoms with Crippen molar-refractivity contribution in [1.82, 2.24) is 5.32 Å². The standard InChI is InChI=1S/C17H15NO4.FH/c19-16(20)9-18-17(21)22-10-15-13-7-3-1-5-11(13)12-6-2-4-8-14(12)15;/h1-8,15H,9-10H2,(H,18,21)(H,19,20);1H. The predicted octanol–water partition coefficient (Wildman–Crippen LogP) is 2.76. The van der Waals surface area contributed by atoms with E-state index in [2.05, 4.69) is 17.4 Å². The molecule has 0 aliphatic heterocycles.